The zero-order chi connectivity index (χ0) is 12.3. The Bertz CT molecular complexity index is 372. The third-order valence-electron chi connectivity index (χ3n) is 2.27. The van der Waals surface area contributed by atoms with Gasteiger partial charge in [-0.25, -0.2) is 18.0 Å². The molecule has 0 saturated carbocycles. The van der Waals surface area contributed by atoms with E-state index in [0.29, 0.717) is 0 Å². The van der Waals surface area contributed by atoms with Crippen LogP contribution < -0.4 is 5.73 Å². The van der Waals surface area contributed by atoms with Crippen molar-refractivity contribution in [2.24, 2.45) is 5.73 Å². The highest BCUT2D eigenvalue weighted by atomic mass is 19.3. The number of carboxylic acid groups (broad SMARTS) is 1. The molecule has 0 aliphatic carbocycles. The summed E-state index contributed by atoms with van der Waals surface area (Å²) < 4.78 is 38.8. The number of carboxylic acids is 1. The number of aliphatic carboxylic acids is 1. The molecule has 0 radical (unpaired) electrons. The van der Waals surface area contributed by atoms with Crippen molar-refractivity contribution in [3.8, 4) is 0 Å². The summed E-state index contributed by atoms with van der Waals surface area (Å²) in [6, 6.07) is 6.63. The van der Waals surface area contributed by atoms with E-state index in [1.807, 2.05) is 0 Å². The molecule has 16 heavy (non-hydrogen) atoms. The lowest BCUT2D eigenvalue weighted by molar-refractivity contribution is -0.149. The molecule has 1 aromatic carbocycles. The molecule has 1 rings (SSSR count). The number of alkyl halides is 3. The molecule has 0 aromatic heterocycles. The monoisotopic (exact) mass is 233 g/mol. The van der Waals surface area contributed by atoms with Crippen molar-refractivity contribution in [2.45, 2.75) is 18.1 Å². The van der Waals surface area contributed by atoms with Crippen molar-refractivity contribution in [1.29, 1.82) is 0 Å². The van der Waals surface area contributed by atoms with Gasteiger partial charge in [0.2, 0.25) is 6.17 Å². The normalized spacial score (nSPS) is 16.8. The fraction of sp³-hybridized carbons (Fsp3) is 0.300. The zero-order valence-electron chi connectivity index (χ0n) is 8.11. The van der Waals surface area contributed by atoms with E-state index in [4.69, 9.17) is 10.8 Å². The molecule has 0 spiro atoms. The standard InChI is InChI=1S/C10H10F3NO2/c11-7(8(15)16)10(14,9(12)13)6-4-2-1-3-5-6/h1-5,7,9H,14H2,(H,15,16). The first-order valence-corrected chi connectivity index (χ1v) is 4.40. The second-order valence-corrected chi connectivity index (χ2v) is 3.30. The fourth-order valence-electron chi connectivity index (χ4n) is 1.31. The zero-order valence-corrected chi connectivity index (χ0v) is 8.11. The summed E-state index contributed by atoms with van der Waals surface area (Å²) in [6.45, 7) is 0. The highest BCUT2D eigenvalue weighted by Gasteiger charge is 2.49. The maximum Gasteiger partial charge on any atom is 0.340 e. The molecular weight excluding hydrogens is 223 g/mol. The van der Waals surface area contributed by atoms with E-state index in [1.54, 1.807) is 0 Å². The molecule has 0 amide bonds. The average molecular weight is 233 g/mol. The lowest BCUT2D eigenvalue weighted by atomic mass is 9.86. The number of carbonyl (C=O) groups is 1. The first kappa shape index (κ1) is 12.5. The molecule has 3 nitrogen and oxygen atoms in total. The molecule has 2 atom stereocenters. The molecule has 0 saturated heterocycles. The Morgan fingerprint density at radius 2 is 1.75 bits per heavy atom. The molecule has 0 aliphatic rings. The van der Waals surface area contributed by atoms with Crippen LogP contribution >= 0.6 is 0 Å². The Morgan fingerprint density at radius 1 is 1.25 bits per heavy atom. The van der Waals surface area contributed by atoms with Crippen molar-refractivity contribution < 1.29 is 23.1 Å². The first-order valence-electron chi connectivity index (χ1n) is 4.40. The molecule has 3 N–H and O–H groups in total. The van der Waals surface area contributed by atoms with E-state index in [2.05, 4.69) is 0 Å². The van der Waals surface area contributed by atoms with Gasteiger partial charge in [-0.05, 0) is 5.56 Å². The number of benzene rings is 1. The summed E-state index contributed by atoms with van der Waals surface area (Å²) in [6.07, 6.45) is -6.18. The maximum atomic E-state index is 13.3. The third kappa shape index (κ3) is 2.01. The van der Waals surface area contributed by atoms with E-state index in [-0.39, 0.29) is 5.56 Å². The number of hydrogen-bond donors (Lipinski definition) is 2. The van der Waals surface area contributed by atoms with Crippen LogP contribution in [-0.2, 0) is 10.3 Å². The highest BCUT2D eigenvalue weighted by Crippen LogP contribution is 2.31. The van der Waals surface area contributed by atoms with Gasteiger partial charge >= 0.3 is 5.97 Å². The summed E-state index contributed by atoms with van der Waals surface area (Å²) in [7, 11) is 0. The Morgan fingerprint density at radius 3 is 2.12 bits per heavy atom. The quantitative estimate of drug-likeness (QED) is 0.828. The number of halogens is 3. The Hall–Kier alpha value is -1.56. The molecular formula is C10H10F3NO2. The molecule has 88 valence electrons. The van der Waals surface area contributed by atoms with Crippen molar-refractivity contribution in [3.63, 3.8) is 0 Å². The van der Waals surface area contributed by atoms with Crippen molar-refractivity contribution in [1.82, 2.24) is 0 Å². The molecule has 6 heteroatoms. The van der Waals surface area contributed by atoms with Crippen LogP contribution in [-0.4, -0.2) is 23.7 Å². The largest absolute Gasteiger partial charge is 0.479 e. The van der Waals surface area contributed by atoms with Crippen LogP contribution in [0.15, 0.2) is 30.3 Å². The molecule has 0 bridgehead atoms. The van der Waals surface area contributed by atoms with Gasteiger partial charge in [0.1, 0.15) is 5.54 Å². The van der Waals surface area contributed by atoms with Gasteiger partial charge in [0, 0.05) is 0 Å². The summed E-state index contributed by atoms with van der Waals surface area (Å²) in [4.78, 5) is 10.4. The second kappa shape index (κ2) is 4.52. The van der Waals surface area contributed by atoms with Crippen molar-refractivity contribution in [3.05, 3.63) is 35.9 Å². The Kier molecular flexibility index (Phi) is 3.54. The molecule has 2 unspecified atom stereocenters. The fourth-order valence-corrected chi connectivity index (χ4v) is 1.31. The number of hydrogen-bond acceptors (Lipinski definition) is 2. The Labute approximate surface area is 89.7 Å². The highest BCUT2D eigenvalue weighted by molar-refractivity contribution is 5.74. The van der Waals surface area contributed by atoms with Gasteiger partial charge in [0.15, 0.2) is 0 Å². The summed E-state index contributed by atoms with van der Waals surface area (Å²) in [5, 5.41) is 8.44. The molecule has 1 aromatic rings. The van der Waals surface area contributed by atoms with Crippen LogP contribution in [0.3, 0.4) is 0 Å². The van der Waals surface area contributed by atoms with Crippen LogP contribution in [0.2, 0.25) is 0 Å². The van der Waals surface area contributed by atoms with Crippen molar-refractivity contribution >= 4 is 5.97 Å². The van der Waals surface area contributed by atoms with Gasteiger partial charge in [-0.3, -0.25) is 0 Å². The minimum atomic E-state index is -3.32. The van der Waals surface area contributed by atoms with Crippen LogP contribution in [0.1, 0.15) is 5.56 Å². The lowest BCUT2D eigenvalue weighted by Gasteiger charge is -2.30. The predicted octanol–water partition coefficient (Wildman–Crippen LogP) is 1.53. The predicted molar refractivity (Wildman–Crippen MR) is 50.8 cm³/mol. The topological polar surface area (TPSA) is 63.3 Å². The average Bonchev–Trinajstić information content (AvgIpc) is 2.27. The minimum Gasteiger partial charge on any atom is -0.479 e. The maximum absolute atomic E-state index is 13.3. The van der Waals surface area contributed by atoms with Crippen molar-refractivity contribution in [2.75, 3.05) is 0 Å². The first-order chi connectivity index (χ1) is 7.40. The van der Waals surface area contributed by atoms with E-state index in [0.717, 1.165) is 0 Å². The van der Waals surface area contributed by atoms with Gasteiger partial charge < -0.3 is 10.8 Å². The SMILES string of the molecule is NC(c1ccccc1)(C(F)F)C(F)C(=O)O. The van der Waals surface area contributed by atoms with Crippen LogP contribution in [0.4, 0.5) is 13.2 Å². The smallest absolute Gasteiger partial charge is 0.340 e. The van der Waals surface area contributed by atoms with Gasteiger partial charge in [-0.1, -0.05) is 30.3 Å². The van der Waals surface area contributed by atoms with E-state index < -0.39 is 24.1 Å². The second-order valence-electron chi connectivity index (χ2n) is 3.30. The van der Waals surface area contributed by atoms with Crippen LogP contribution in [0.25, 0.3) is 0 Å². The number of nitrogens with two attached hydrogens (primary N) is 1. The molecule has 0 heterocycles. The molecule has 0 aliphatic heterocycles. The van der Waals surface area contributed by atoms with Crippen LogP contribution in [0, 0.1) is 0 Å². The van der Waals surface area contributed by atoms with E-state index >= 15 is 0 Å². The number of rotatable bonds is 4. The minimum absolute atomic E-state index is 0.250. The molecule has 0 fully saturated rings. The van der Waals surface area contributed by atoms with Gasteiger partial charge in [0.05, 0.1) is 0 Å². The van der Waals surface area contributed by atoms with Gasteiger partial charge in [-0.15, -0.1) is 0 Å². The summed E-state index contributed by atoms with van der Waals surface area (Å²) >= 11 is 0. The summed E-state index contributed by atoms with van der Waals surface area (Å²) in [5.41, 5.74) is 2.12. The third-order valence-corrected chi connectivity index (χ3v) is 2.27. The lowest BCUT2D eigenvalue weighted by Crippen LogP contribution is -2.54. The van der Waals surface area contributed by atoms with Gasteiger partial charge in [-0.2, -0.15) is 0 Å². The summed E-state index contributed by atoms with van der Waals surface area (Å²) in [5.74, 6) is -2.01. The van der Waals surface area contributed by atoms with E-state index in [1.165, 1.54) is 30.3 Å². The van der Waals surface area contributed by atoms with Crippen LogP contribution in [0.5, 0.6) is 0 Å². The Balaban J connectivity index is 3.22. The van der Waals surface area contributed by atoms with E-state index in [9.17, 15) is 18.0 Å². The van der Waals surface area contributed by atoms with Gasteiger partial charge in [0.25, 0.3) is 6.43 Å².